The molecule has 35 heavy (non-hydrogen) atoms. The number of para-hydroxylation sites is 1. The van der Waals surface area contributed by atoms with Gasteiger partial charge in [0, 0.05) is 12.3 Å². The highest BCUT2D eigenvalue weighted by atomic mass is 16.5. The Balaban J connectivity index is 1.56. The number of carbonyl (C=O) groups is 2. The Morgan fingerprint density at radius 1 is 0.914 bits per heavy atom. The predicted molar refractivity (Wildman–Crippen MR) is 135 cm³/mol. The highest BCUT2D eigenvalue weighted by molar-refractivity contribution is 6.01. The number of ether oxygens (including phenoxy) is 3. The van der Waals surface area contributed by atoms with Crippen molar-refractivity contribution in [2.24, 2.45) is 0 Å². The first-order valence-electron chi connectivity index (χ1n) is 11.9. The van der Waals surface area contributed by atoms with E-state index in [0.29, 0.717) is 28.4 Å². The fraction of sp³-hybridized carbons (Fsp3) is 0.321. The van der Waals surface area contributed by atoms with Crippen molar-refractivity contribution in [1.82, 2.24) is 4.98 Å². The summed E-state index contributed by atoms with van der Waals surface area (Å²) in [6.07, 6.45) is 3.57. The summed E-state index contributed by atoms with van der Waals surface area (Å²) >= 11 is 0. The van der Waals surface area contributed by atoms with Gasteiger partial charge in [0.1, 0.15) is 11.5 Å². The number of nitrogens with zero attached hydrogens (tertiary/aromatic N) is 1. The third-order valence-corrected chi connectivity index (χ3v) is 5.19. The van der Waals surface area contributed by atoms with Crippen LogP contribution in [0.2, 0.25) is 0 Å². The predicted octanol–water partition coefficient (Wildman–Crippen LogP) is 6.19. The third-order valence-electron chi connectivity index (χ3n) is 5.19. The van der Waals surface area contributed by atoms with Gasteiger partial charge in [0.2, 0.25) is 11.8 Å². The molecular weight excluding hydrogens is 444 g/mol. The van der Waals surface area contributed by atoms with Crippen molar-refractivity contribution in [1.29, 1.82) is 0 Å². The van der Waals surface area contributed by atoms with Crippen LogP contribution in [0.15, 0.2) is 66.9 Å². The maximum absolute atomic E-state index is 12.6. The number of benzene rings is 2. The normalized spacial score (nSPS) is 10.8. The van der Waals surface area contributed by atoms with E-state index in [1.807, 2.05) is 24.3 Å². The number of hydrogen-bond acceptors (Lipinski definition) is 6. The quantitative estimate of drug-likeness (QED) is 0.332. The summed E-state index contributed by atoms with van der Waals surface area (Å²) in [5, 5.41) is 2.78. The molecule has 0 atom stereocenters. The lowest BCUT2D eigenvalue weighted by atomic mass is 10.1. The Hall–Kier alpha value is -3.87. The molecule has 7 nitrogen and oxygen atoms in total. The van der Waals surface area contributed by atoms with Crippen LogP contribution in [0.25, 0.3) is 0 Å². The van der Waals surface area contributed by atoms with Crippen LogP contribution >= 0.6 is 0 Å². The summed E-state index contributed by atoms with van der Waals surface area (Å²) in [6.45, 7) is 7.76. The van der Waals surface area contributed by atoms with Gasteiger partial charge in [-0.15, -0.1) is 0 Å². The second-order valence-electron chi connectivity index (χ2n) is 8.36. The van der Waals surface area contributed by atoms with Crippen LogP contribution < -0.4 is 14.8 Å². The second kappa shape index (κ2) is 12.6. The monoisotopic (exact) mass is 476 g/mol. The lowest BCUT2D eigenvalue weighted by molar-refractivity contribution is -0.115. The van der Waals surface area contributed by atoms with Crippen LogP contribution in [0.1, 0.15) is 56.5 Å². The van der Waals surface area contributed by atoms with Gasteiger partial charge < -0.3 is 19.5 Å². The topological polar surface area (TPSA) is 86.8 Å². The van der Waals surface area contributed by atoms with Gasteiger partial charge in [-0.2, -0.15) is 0 Å². The zero-order valence-corrected chi connectivity index (χ0v) is 20.6. The molecule has 0 fully saturated rings. The summed E-state index contributed by atoms with van der Waals surface area (Å²) in [5.41, 5.74) is 1.44. The number of nitrogens with one attached hydrogen (secondary N) is 1. The summed E-state index contributed by atoms with van der Waals surface area (Å²) in [6, 6.07) is 17.7. The molecule has 2 aromatic carbocycles. The van der Waals surface area contributed by atoms with Crippen LogP contribution in [0, 0.1) is 0 Å². The number of esters is 1. The van der Waals surface area contributed by atoms with Crippen molar-refractivity contribution in [2.75, 3.05) is 5.32 Å². The molecule has 0 aliphatic carbocycles. The molecule has 7 heteroatoms. The van der Waals surface area contributed by atoms with Gasteiger partial charge in [0.25, 0.3) is 0 Å². The van der Waals surface area contributed by atoms with E-state index in [9.17, 15) is 9.59 Å². The molecule has 3 aromatic rings. The van der Waals surface area contributed by atoms with Crippen LogP contribution in [-0.4, -0.2) is 29.1 Å². The van der Waals surface area contributed by atoms with Gasteiger partial charge in [0.05, 0.1) is 29.9 Å². The Kier molecular flexibility index (Phi) is 9.23. The van der Waals surface area contributed by atoms with Crippen molar-refractivity contribution in [3.8, 4) is 17.4 Å². The average molecular weight is 477 g/mol. The molecule has 0 unspecified atom stereocenters. The van der Waals surface area contributed by atoms with Crippen molar-refractivity contribution in [3.63, 3.8) is 0 Å². The molecule has 0 aliphatic rings. The highest BCUT2D eigenvalue weighted by Crippen LogP contribution is 2.24. The molecule has 0 saturated heterocycles. The van der Waals surface area contributed by atoms with E-state index in [2.05, 4.69) is 24.1 Å². The maximum atomic E-state index is 12.6. The molecule has 0 spiro atoms. The van der Waals surface area contributed by atoms with Crippen molar-refractivity contribution >= 4 is 17.6 Å². The number of rotatable bonds is 11. The van der Waals surface area contributed by atoms with Gasteiger partial charge in [-0.1, -0.05) is 32.0 Å². The summed E-state index contributed by atoms with van der Waals surface area (Å²) in [5.74, 6) is 1.13. The van der Waals surface area contributed by atoms with Gasteiger partial charge in [-0.3, -0.25) is 4.79 Å². The van der Waals surface area contributed by atoms with E-state index in [1.165, 1.54) is 0 Å². The van der Waals surface area contributed by atoms with E-state index < -0.39 is 5.97 Å². The van der Waals surface area contributed by atoms with Crippen LogP contribution in [0.4, 0.5) is 5.69 Å². The number of anilines is 1. The summed E-state index contributed by atoms with van der Waals surface area (Å²) in [7, 11) is 0. The minimum atomic E-state index is -0.478. The van der Waals surface area contributed by atoms with Crippen LogP contribution in [0.5, 0.6) is 17.4 Å². The molecular formula is C28H32N2O5. The fourth-order valence-electron chi connectivity index (χ4n) is 3.36. The minimum absolute atomic E-state index is 0.100. The molecule has 0 radical (unpaired) electrons. The minimum Gasteiger partial charge on any atom is -0.490 e. The summed E-state index contributed by atoms with van der Waals surface area (Å²) in [4.78, 5) is 29.2. The first kappa shape index (κ1) is 25.7. The molecule has 0 saturated carbocycles. The molecule has 0 aliphatic heterocycles. The van der Waals surface area contributed by atoms with Crippen molar-refractivity contribution in [3.05, 3.63) is 78.0 Å². The zero-order valence-electron chi connectivity index (χ0n) is 20.6. The Morgan fingerprint density at radius 2 is 1.60 bits per heavy atom. The first-order chi connectivity index (χ1) is 16.9. The first-order valence-corrected chi connectivity index (χ1v) is 11.9. The Bertz CT molecular complexity index is 1110. The molecule has 184 valence electrons. The van der Waals surface area contributed by atoms with Crippen molar-refractivity contribution < 1.29 is 23.8 Å². The highest BCUT2D eigenvalue weighted by Gasteiger charge is 2.16. The van der Waals surface area contributed by atoms with Gasteiger partial charge in [-0.05, 0) is 68.7 Å². The lowest BCUT2D eigenvalue weighted by Gasteiger charge is -2.15. The largest absolute Gasteiger partial charge is 0.490 e. The standard InChI is InChI=1S/C28H32N2O5/c1-5-21(6-2)34-22-12-14-23(15-13-22)35-27-16-11-20(18-29-27)17-26(31)30-25-10-8-7-9-24(25)28(32)33-19(3)4/h7-16,18-19,21H,5-6,17H2,1-4H3,(H,30,31). The molecule has 1 N–H and O–H groups in total. The Morgan fingerprint density at radius 3 is 2.23 bits per heavy atom. The van der Waals surface area contributed by atoms with E-state index in [1.54, 1.807) is 56.4 Å². The fourth-order valence-corrected chi connectivity index (χ4v) is 3.36. The number of pyridine rings is 1. The maximum Gasteiger partial charge on any atom is 0.340 e. The molecule has 1 amide bonds. The van der Waals surface area contributed by atoms with Gasteiger partial charge in [-0.25, -0.2) is 9.78 Å². The molecule has 1 aromatic heterocycles. The number of carbonyl (C=O) groups excluding carboxylic acids is 2. The molecule has 1 heterocycles. The van der Waals surface area contributed by atoms with Crippen LogP contribution in [0.3, 0.4) is 0 Å². The zero-order chi connectivity index (χ0) is 25.2. The molecule has 3 rings (SSSR count). The van der Waals surface area contributed by atoms with Crippen molar-refractivity contribution in [2.45, 2.75) is 59.2 Å². The van der Waals surface area contributed by atoms with Gasteiger partial charge >= 0.3 is 5.97 Å². The van der Waals surface area contributed by atoms with E-state index in [4.69, 9.17) is 14.2 Å². The van der Waals surface area contributed by atoms with E-state index >= 15 is 0 Å². The van der Waals surface area contributed by atoms with Crippen LogP contribution in [-0.2, 0) is 16.0 Å². The number of hydrogen-bond donors (Lipinski definition) is 1. The summed E-state index contributed by atoms with van der Waals surface area (Å²) < 4.78 is 17.0. The van der Waals surface area contributed by atoms with Gasteiger partial charge in [0.15, 0.2) is 0 Å². The lowest BCUT2D eigenvalue weighted by Crippen LogP contribution is -2.18. The number of amides is 1. The van der Waals surface area contributed by atoms with E-state index in [0.717, 1.165) is 18.6 Å². The SMILES string of the molecule is CCC(CC)Oc1ccc(Oc2ccc(CC(=O)Nc3ccccc3C(=O)OC(C)C)cn2)cc1. The molecule has 0 bridgehead atoms. The second-order valence-corrected chi connectivity index (χ2v) is 8.36. The van der Waals surface area contributed by atoms with E-state index in [-0.39, 0.29) is 24.5 Å². The Labute approximate surface area is 206 Å². The average Bonchev–Trinajstić information content (AvgIpc) is 2.84. The smallest absolute Gasteiger partial charge is 0.340 e. The number of aromatic nitrogens is 1. The third kappa shape index (κ3) is 7.84.